The van der Waals surface area contributed by atoms with Crippen LogP contribution in [0.5, 0.6) is 11.5 Å². The number of aromatic nitrogens is 2. The van der Waals surface area contributed by atoms with Gasteiger partial charge in [0.25, 0.3) is 5.91 Å². The molecule has 0 saturated heterocycles. The average Bonchev–Trinajstić information content (AvgIpc) is 3.59. The first-order valence-electron chi connectivity index (χ1n) is 13.1. The highest BCUT2D eigenvalue weighted by atomic mass is 16.7. The lowest BCUT2D eigenvalue weighted by molar-refractivity contribution is 0.0450. The summed E-state index contributed by atoms with van der Waals surface area (Å²) in [6, 6.07) is 19.7. The second-order valence-electron chi connectivity index (χ2n) is 9.81. The van der Waals surface area contributed by atoms with Crippen LogP contribution in [0, 0.1) is 13.8 Å². The Labute approximate surface area is 234 Å². The number of aromatic amines is 1. The number of nitrogens with zero attached hydrogens (tertiary/aromatic N) is 2. The van der Waals surface area contributed by atoms with E-state index in [0.717, 1.165) is 16.8 Å². The number of anilines is 2. The number of rotatable bonds is 11. The molecule has 0 aliphatic carbocycles. The molecule has 1 aliphatic rings. The molecule has 2 N–H and O–H groups in total. The lowest BCUT2D eigenvalue weighted by Crippen LogP contribution is -2.27. The van der Waals surface area contributed by atoms with Crippen LogP contribution in [0.15, 0.2) is 60.7 Å². The van der Waals surface area contributed by atoms with Crippen LogP contribution in [0.3, 0.4) is 0 Å². The highest BCUT2D eigenvalue weighted by Gasteiger charge is 2.29. The number of H-pyrrole nitrogens is 1. The van der Waals surface area contributed by atoms with Crippen LogP contribution < -0.4 is 14.8 Å². The number of hydrogen-bond donors (Lipinski definition) is 2. The van der Waals surface area contributed by atoms with Gasteiger partial charge in [0.2, 0.25) is 0 Å². The summed E-state index contributed by atoms with van der Waals surface area (Å²) in [4.78, 5) is 15.8. The lowest BCUT2D eigenvalue weighted by Gasteiger charge is -2.22. The van der Waals surface area contributed by atoms with Crippen molar-refractivity contribution in [3.63, 3.8) is 0 Å². The molecule has 1 amide bonds. The quantitative estimate of drug-likeness (QED) is 0.242. The van der Waals surface area contributed by atoms with Crippen molar-refractivity contribution < 1.29 is 23.7 Å². The predicted octanol–water partition coefficient (Wildman–Crippen LogP) is 5.48. The van der Waals surface area contributed by atoms with E-state index in [1.54, 1.807) is 24.1 Å². The van der Waals surface area contributed by atoms with E-state index in [1.165, 1.54) is 23.8 Å². The molecule has 2 heterocycles. The van der Waals surface area contributed by atoms with Gasteiger partial charge in [-0.3, -0.25) is 9.89 Å². The molecule has 1 aromatic heterocycles. The van der Waals surface area contributed by atoms with Crippen molar-refractivity contribution in [2.45, 2.75) is 33.4 Å². The number of aryl methyl sites for hydroxylation is 1. The SMILES string of the molecule is COCOc1cc(Nc2cc(Cc3cccc(C)c3C)n[nH]2)c(C(=O)N2Cc3ccccc3C2)c(OCOC)c1. The van der Waals surface area contributed by atoms with E-state index in [-0.39, 0.29) is 19.5 Å². The maximum Gasteiger partial charge on any atom is 0.260 e. The van der Waals surface area contributed by atoms with Gasteiger partial charge in [0.1, 0.15) is 22.9 Å². The van der Waals surface area contributed by atoms with E-state index in [4.69, 9.17) is 18.9 Å². The Morgan fingerprint density at radius 1 is 0.950 bits per heavy atom. The fourth-order valence-electron chi connectivity index (χ4n) is 4.85. The van der Waals surface area contributed by atoms with Crippen molar-refractivity contribution in [3.8, 4) is 11.5 Å². The third kappa shape index (κ3) is 5.95. The Morgan fingerprint density at radius 3 is 2.40 bits per heavy atom. The second-order valence-corrected chi connectivity index (χ2v) is 9.81. The molecule has 9 nitrogen and oxygen atoms in total. The van der Waals surface area contributed by atoms with Crippen LogP contribution in [0.2, 0.25) is 0 Å². The summed E-state index contributed by atoms with van der Waals surface area (Å²) < 4.78 is 21.9. The summed E-state index contributed by atoms with van der Waals surface area (Å²) in [7, 11) is 3.08. The molecular weight excluding hydrogens is 508 g/mol. The predicted molar refractivity (Wildman–Crippen MR) is 152 cm³/mol. The zero-order valence-corrected chi connectivity index (χ0v) is 23.2. The molecular formula is C31H34N4O5. The van der Waals surface area contributed by atoms with Crippen LogP contribution >= 0.6 is 0 Å². The Balaban J connectivity index is 1.48. The van der Waals surface area contributed by atoms with Gasteiger partial charge >= 0.3 is 0 Å². The maximum atomic E-state index is 14.0. The highest BCUT2D eigenvalue weighted by molar-refractivity contribution is 6.03. The zero-order chi connectivity index (χ0) is 28.1. The number of hydrogen-bond acceptors (Lipinski definition) is 7. The standard InChI is InChI=1S/C31H34N4O5/c1-20-8-7-11-22(21(20)2)12-25-13-29(34-33-25)32-27-14-26(39-18-37-3)15-28(40-19-38-4)30(27)31(36)35-16-23-9-5-6-10-24(23)17-35/h5-11,13-15H,12,16-19H2,1-4H3,(H2,32,33,34). The highest BCUT2D eigenvalue weighted by Crippen LogP contribution is 2.37. The summed E-state index contributed by atoms with van der Waals surface area (Å²) in [5.74, 6) is 1.29. The number of benzene rings is 3. The van der Waals surface area contributed by atoms with Crippen LogP contribution in [0.4, 0.5) is 11.5 Å². The number of carbonyl (C=O) groups excluding carboxylic acids is 1. The topological polar surface area (TPSA) is 97.9 Å². The van der Waals surface area contributed by atoms with E-state index in [1.807, 2.05) is 30.3 Å². The van der Waals surface area contributed by atoms with Gasteiger partial charge in [-0.1, -0.05) is 42.5 Å². The van der Waals surface area contributed by atoms with E-state index in [0.29, 0.717) is 48.1 Å². The maximum absolute atomic E-state index is 14.0. The fourth-order valence-corrected chi connectivity index (χ4v) is 4.85. The van der Waals surface area contributed by atoms with E-state index < -0.39 is 0 Å². The number of nitrogens with one attached hydrogen (secondary N) is 2. The molecule has 208 valence electrons. The molecule has 9 heteroatoms. The number of carbonyl (C=O) groups is 1. The third-order valence-electron chi connectivity index (χ3n) is 7.08. The summed E-state index contributed by atoms with van der Waals surface area (Å²) >= 11 is 0. The molecule has 0 spiro atoms. The third-order valence-corrected chi connectivity index (χ3v) is 7.08. The first-order chi connectivity index (χ1) is 19.5. The zero-order valence-electron chi connectivity index (χ0n) is 23.2. The molecule has 0 fully saturated rings. The molecule has 40 heavy (non-hydrogen) atoms. The minimum absolute atomic E-state index is 0.0300. The van der Waals surface area contributed by atoms with Crippen LogP contribution in [-0.4, -0.2) is 48.8 Å². The van der Waals surface area contributed by atoms with Gasteiger partial charge in [-0.2, -0.15) is 5.10 Å². The fraction of sp³-hybridized carbons (Fsp3) is 0.290. The Hall–Kier alpha value is -4.34. The van der Waals surface area contributed by atoms with Crippen LogP contribution in [0.25, 0.3) is 0 Å². The van der Waals surface area contributed by atoms with E-state index in [9.17, 15) is 4.79 Å². The van der Waals surface area contributed by atoms with Gasteiger partial charge in [0, 0.05) is 51.9 Å². The largest absolute Gasteiger partial charge is 0.467 e. The number of amides is 1. The molecule has 0 radical (unpaired) electrons. The molecule has 0 unspecified atom stereocenters. The minimum atomic E-state index is -0.168. The van der Waals surface area contributed by atoms with E-state index >= 15 is 0 Å². The number of fused-ring (bicyclic) bond motifs is 1. The first-order valence-corrected chi connectivity index (χ1v) is 13.1. The first kappa shape index (κ1) is 27.2. The van der Waals surface area contributed by atoms with Crippen LogP contribution in [-0.2, 0) is 29.0 Å². The van der Waals surface area contributed by atoms with Gasteiger partial charge in [0.15, 0.2) is 13.6 Å². The van der Waals surface area contributed by atoms with Crippen molar-refractivity contribution in [2.75, 3.05) is 33.1 Å². The average molecular weight is 543 g/mol. The molecule has 0 atom stereocenters. The molecule has 0 saturated carbocycles. The monoisotopic (exact) mass is 542 g/mol. The molecule has 4 aromatic rings. The Kier molecular flexibility index (Phi) is 8.33. The Bertz CT molecular complexity index is 1470. The van der Waals surface area contributed by atoms with Gasteiger partial charge in [-0.05, 0) is 41.7 Å². The van der Waals surface area contributed by atoms with Crippen LogP contribution in [0.1, 0.15) is 43.9 Å². The number of ether oxygens (including phenoxy) is 4. The van der Waals surface area contributed by atoms with Crippen molar-refractivity contribution in [3.05, 3.63) is 99.7 Å². The van der Waals surface area contributed by atoms with Gasteiger partial charge in [-0.15, -0.1) is 0 Å². The summed E-state index contributed by atoms with van der Waals surface area (Å²) in [5, 5.41) is 10.9. The van der Waals surface area contributed by atoms with Crippen molar-refractivity contribution in [1.82, 2.24) is 15.1 Å². The molecule has 0 bridgehead atoms. The smallest absolute Gasteiger partial charge is 0.260 e. The van der Waals surface area contributed by atoms with Gasteiger partial charge in [-0.25, -0.2) is 0 Å². The normalized spacial score (nSPS) is 12.3. The lowest BCUT2D eigenvalue weighted by atomic mass is 10.00. The molecule has 5 rings (SSSR count). The van der Waals surface area contributed by atoms with Gasteiger partial charge in [0.05, 0.1) is 11.4 Å². The van der Waals surface area contributed by atoms with Crippen molar-refractivity contribution >= 4 is 17.4 Å². The Morgan fingerprint density at radius 2 is 1.68 bits per heavy atom. The summed E-state index contributed by atoms with van der Waals surface area (Å²) in [6.45, 7) is 5.28. The summed E-state index contributed by atoms with van der Waals surface area (Å²) in [5.41, 5.74) is 7.75. The van der Waals surface area contributed by atoms with E-state index in [2.05, 4.69) is 47.6 Å². The summed E-state index contributed by atoms with van der Waals surface area (Å²) in [6.07, 6.45) is 0.683. The molecule has 1 aliphatic heterocycles. The van der Waals surface area contributed by atoms with Gasteiger partial charge < -0.3 is 29.2 Å². The minimum Gasteiger partial charge on any atom is -0.467 e. The second kappa shape index (κ2) is 12.2. The van der Waals surface area contributed by atoms with Crippen molar-refractivity contribution in [1.29, 1.82) is 0 Å². The number of methoxy groups -OCH3 is 2. The van der Waals surface area contributed by atoms with Crippen molar-refractivity contribution in [2.24, 2.45) is 0 Å². The molecule has 3 aromatic carbocycles.